The highest BCUT2D eigenvalue weighted by Gasteiger charge is 2.11. The lowest BCUT2D eigenvalue weighted by Gasteiger charge is -2.06. The minimum Gasteiger partial charge on any atom is -0.456 e. The number of para-hydroxylation sites is 1. The van der Waals surface area contributed by atoms with Crippen molar-refractivity contribution < 1.29 is 4.42 Å². The van der Waals surface area contributed by atoms with Gasteiger partial charge in [-0.15, -0.1) is 0 Å². The molecule has 2 heterocycles. The van der Waals surface area contributed by atoms with E-state index in [0.29, 0.717) is 0 Å². The molecule has 2 aromatic heterocycles. The number of nitrogens with zero attached hydrogens (tertiary/aromatic N) is 2. The molecular weight excluding hydrogens is 435 g/mol. The molecule has 0 saturated heterocycles. The predicted octanol–water partition coefficient (Wildman–Crippen LogP) is 6.31. The Morgan fingerprint density at radius 2 is 1.42 bits per heavy atom. The predicted molar refractivity (Wildman–Crippen MR) is 113 cm³/mol. The number of halogens is 1. The van der Waals surface area contributed by atoms with E-state index in [9.17, 15) is 0 Å². The first kappa shape index (κ1) is 15.5. The molecule has 0 spiro atoms. The van der Waals surface area contributed by atoms with Crippen molar-refractivity contribution in [3.05, 3.63) is 82.6 Å². The monoisotopic (exact) mass is 448 g/mol. The van der Waals surface area contributed by atoms with Gasteiger partial charge in [-0.2, -0.15) is 0 Å². The summed E-state index contributed by atoms with van der Waals surface area (Å²) in [5, 5.41) is 2.19. The Balaban J connectivity index is 1.70. The molecule has 0 aliphatic heterocycles. The van der Waals surface area contributed by atoms with Crippen LogP contribution in [0.5, 0.6) is 0 Å². The molecule has 124 valence electrons. The summed E-state index contributed by atoms with van der Waals surface area (Å²) in [6.07, 6.45) is 0. The van der Waals surface area contributed by atoms with Gasteiger partial charge in [0.05, 0.1) is 5.69 Å². The van der Waals surface area contributed by atoms with Gasteiger partial charge in [-0.25, -0.2) is 9.97 Å². The molecule has 0 bridgehead atoms. The molecule has 0 atom stereocenters. The molecule has 0 aliphatic carbocycles. The van der Waals surface area contributed by atoms with Crippen LogP contribution >= 0.6 is 22.6 Å². The van der Waals surface area contributed by atoms with Gasteiger partial charge in [0, 0.05) is 21.9 Å². The van der Waals surface area contributed by atoms with Crippen LogP contribution in [0.1, 0.15) is 0 Å². The van der Waals surface area contributed by atoms with Crippen LogP contribution in [0.2, 0.25) is 0 Å². The molecule has 26 heavy (non-hydrogen) atoms. The van der Waals surface area contributed by atoms with E-state index in [1.807, 2.05) is 54.6 Å². The molecule has 0 fully saturated rings. The van der Waals surface area contributed by atoms with E-state index in [2.05, 4.69) is 51.8 Å². The van der Waals surface area contributed by atoms with Gasteiger partial charge < -0.3 is 4.42 Å². The summed E-state index contributed by atoms with van der Waals surface area (Å²) in [5.74, 6) is 0.725. The lowest BCUT2D eigenvalue weighted by atomic mass is 10.1. The van der Waals surface area contributed by atoms with Crippen molar-refractivity contribution in [3.8, 4) is 22.6 Å². The second kappa shape index (κ2) is 6.21. The van der Waals surface area contributed by atoms with Crippen molar-refractivity contribution in [3.63, 3.8) is 0 Å². The standard InChI is InChI=1S/C22H13IN2O/c23-21-13-18(14-6-2-1-3-7-14)24-22(25-21)15-10-11-20-17(12-15)16-8-4-5-9-19(16)26-20/h1-13H. The van der Waals surface area contributed by atoms with Gasteiger partial charge in [0.15, 0.2) is 5.82 Å². The minimum absolute atomic E-state index is 0.725. The molecule has 5 rings (SSSR count). The summed E-state index contributed by atoms with van der Waals surface area (Å²) in [7, 11) is 0. The van der Waals surface area contributed by atoms with E-state index < -0.39 is 0 Å². The van der Waals surface area contributed by atoms with Gasteiger partial charge in [0.1, 0.15) is 14.9 Å². The summed E-state index contributed by atoms with van der Waals surface area (Å²) in [6.45, 7) is 0. The Bertz CT molecular complexity index is 1250. The highest BCUT2D eigenvalue weighted by atomic mass is 127. The summed E-state index contributed by atoms with van der Waals surface area (Å²) in [5.41, 5.74) is 4.78. The fourth-order valence-electron chi connectivity index (χ4n) is 3.17. The molecule has 5 aromatic rings. The van der Waals surface area contributed by atoms with Crippen LogP contribution in [-0.4, -0.2) is 9.97 Å². The van der Waals surface area contributed by atoms with Crippen LogP contribution in [0, 0.1) is 3.70 Å². The van der Waals surface area contributed by atoms with Crippen molar-refractivity contribution in [2.45, 2.75) is 0 Å². The first-order valence-corrected chi connectivity index (χ1v) is 9.37. The highest BCUT2D eigenvalue weighted by molar-refractivity contribution is 14.1. The average Bonchev–Trinajstić information content (AvgIpc) is 3.06. The number of aromatic nitrogens is 2. The van der Waals surface area contributed by atoms with Crippen molar-refractivity contribution >= 4 is 44.5 Å². The third-order valence-electron chi connectivity index (χ3n) is 4.40. The quantitative estimate of drug-likeness (QED) is 0.235. The van der Waals surface area contributed by atoms with E-state index in [1.54, 1.807) is 0 Å². The second-order valence-corrected chi connectivity index (χ2v) is 7.18. The Morgan fingerprint density at radius 1 is 0.654 bits per heavy atom. The van der Waals surface area contributed by atoms with E-state index in [-0.39, 0.29) is 0 Å². The number of hydrogen-bond acceptors (Lipinski definition) is 3. The van der Waals surface area contributed by atoms with Crippen molar-refractivity contribution in [2.24, 2.45) is 0 Å². The third kappa shape index (κ3) is 2.66. The molecule has 0 unspecified atom stereocenters. The molecule has 3 aromatic carbocycles. The largest absolute Gasteiger partial charge is 0.456 e. The van der Waals surface area contributed by atoms with Gasteiger partial charge in [-0.3, -0.25) is 0 Å². The van der Waals surface area contributed by atoms with E-state index in [4.69, 9.17) is 9.40 Å². The first-order chi connectivity index (χ1) is 12.8. The summed E-state index contributed by atoms with van der Waals surface area (Å²) in [4.78, 5) is 9.44. The van der Waals surface area contributed by atoms with Crippen molar-refractivity contribution in [1.82, 2.24) is 9.97 Å². The molecule has 0 saturated carbocycles. The Labute approximate surface area is 163 Å². The molecule has 3 nitrogen and oxygen atoms in total. The van der Waals surface area contributed by atoms with Gasteiger partial charge in [0.2, 0.25) is 0 Å². The zero-order valence-electron chi connectivity index (χ0n) is 13.7. The fourth-order valence-corrected chi connectivity index (χ4v) is 3.69. The lowest BCUT2D eigenvalue weighted by molar-refractivity contribution is 0.669. The number of fused-ring (bicyclic) bond motifs is 3. The minimum atomic E-state index is 0.725. The SMILES string of the molecule is Ic1cc(-c2ccccc2)nc(-c2ccc3oc4ccccc4c3c2)n1. The number of furan rings is 1. The van der Waals surface area contributed by atoms with Crippen molar-refractivity contribution in [2.75, 3.05) is 0 Å². The molecule has 0 amide bonds. The molecule has 4 heteroatoms. The maximum absolute atomic E-state index is 5.92. The summed E-state index contributed by atoms with van der Waals surface area (Å²) < 4.78 is 6.84. The zero-order valence-corrected chi connectivity index (χ0v) is 15.8. The first-order valence-electron chi connectivity index (χ1n) is 8.30. The highest BCUT2D eigenvalue weighted by Crippen LogP contribution is 2.32. The number of hydrogen-bond donors (Lipinski definition) is 0. The Morgan fingerprint density at radius 3 is 2.31 bits per heavy atom. The maximum Gasteiger partial charge on any atom is 0.160 e. The van der Waals surface area contributed by atoms with Crippen LogP contribution in [0.3, 0.4) is 0 Å². The van der Waals surface area contributed by atoms with Gasteiger partial charge >= 0.3 is 0 Å². The van der Waals surface area contributed by atoms with Crippen LogP contribution in [0.25, 0.3) is 44.6 Å². The van der Waals surface area contributed by atoms with Crippen LogP contribution in [-0.2, 0) is 0 Å². The van der Waals surface area contributed by atoms with Crippen LogP contribution in [0.15, 0.2) is 83.3 Å². The molecule has 0 radical (unpaired) electrons. The fraction of sp³-hybridized carbons (Fsp3) is 0. The van der Waals surface area contributed by atoms with Gasteiger partial charge in [-0.05, 0) is 52.9 Å². The smallest absolute Gasteiger partial charge is 0.160 e. The Hall–Kier alpha value is -2.73. The average molecular weight is 448 g/mol. The summed E-state index contributed by atoms with van der Waals surface area (Å²) >= 11 is 2.25. The topological polar surface area (TPSA) is 38.9 Å². The molecule has 0 N–H and O–H groups in total. The van der Waals surface area contributed by atoms with Crippen LogP contribution < -0.4 is 0 Å². The van der Waals surface area contributed by atoms with E-state index >= 15 is 0 Å². The lowest BCUT2D eigenvalue weighted by Crippen LogP contribution is -1.94. The van der Waals surface area contributed by atoms with E-state index in [0.717, 1.165) is 48.3 Å². The maximum atomic E-state index is 5.92. The van der Waals surface area contributed by atoms with Crippen molar-refractivity contribution in [1.29, 1.82) is 0 Å². The number of rotatable bonds is 2. The summed E-state index contributed by atoms with van der Waals surface area (Å²) in [6, 6.07) is 26.4. The van der Waals surface area contributed by atoms with Gasteiger partial charge in [-0.1, -0.05) is 48.5 Å². The third-order valence-corrected chi connectivity index (χ3v) is 4.95. The number of benzene rings is 3. The molecule has 0 aliphatic rings. The normalized spacial score (nSPS) is 11.3. The Kier molecular flexibility index (Phi) is 3.71. The van der Waals surface area contributed by atoms with Gasteiger partial charge in [0.25, 0.3) is 0 Å². The zero-order chi connectivity index (χ0) is 17.5. The second-order valence-electron chi connectivity index (χ2n) is 6.07. The van der Waals surface area contributed by atoms with Crippen LogP contribution in [0.4, 0.5) is 0 Å². The molecular formula is C22H13IN2O. The van der Waals surface area contributed by atoms with E-state index in [1.165, 1.54) is 0 Å².